The first-order valence-electron chi connectivity index (χ1n) is 10.2. The Kier molecular flexibility index (Phi) is 4.65. The number of para-hydroxylation sites is 2. The van der Waals surface area contributed by atoms with Crippen LogP contribution in [0.25, 0.3) is 10.2 Å². The fraction of sp³-hybridized carbons (Fsp3) is 0.391. The van der Waals surface area contributed by atoms with Gasteiger partial charge in [0.25, 0.3) is 0 Å². The molecule has 1 fully saturated rings. The Bertz CT molecular complexity index is 981. The van der Waals surface area contributed by atoms with Crippen LogP contribution in [0.1, 0.15) is 42.8 Å². The van der Waals surface area contributed by atoms with Crippen LogP contribution in [0, 0.1) is 0 Å². The first kappa shape index (κ1) is 17.8. The molecule has 1 saturated heterocycles. The van der Waals surface area contributed by atoms with E-state index in [-0.39, 0.29) is 18.0 Å². The van der Waals surface area contributed by atoms with E-state index in [1.807, 2.05) is 17.0 Å². The van der Waals surface area contributed by atoms with Crippen molar-refractivity contribution >= 4 is 33.1 Å². The Hall–Kier alpha value is -2.24. The summed E-state index contributed by atoms with van der Waals surface area (Å²) in [6.07, 6.45) is 4.29. The van der Waals surface area contributed by atoms with Crippen molar-refractivity contribution in [1.29, 1.82) is 0 Å². The van der Waals surface area contributed by atoms with Gasteiger partial charge in [-0.2, -0.15) is 0 Å². The van der Waals surface area contributed by atoms with Gasteiger partial charge in [0.2, 0.25) is 5.91 Å². The highest BCUT2D eigenvalue weighted by molar-refractivity contribution is 7.18. The van der Waals surface area contributed by atoms with E-state index >= 15 is 0 Å². The number of fused-ring (bicyclic) bond motifs is 2. The third-order valence-corrected chi connectivity index (χ3v) is 7.23. The van der Waals surface area contributed by atoms with E-state index in [9.17, 15) is 4.79 Å². The lowest BCUT2D eigenvalue weighted by Crippen LogP contribution is -2.47. The molecule has 0 radical (unpaired) electrons. The Morgan fingerprint density at radius 3 is 2.86 bits per heavy atom. The Balaban J connectivity index is 1.38. The average Bonchev–Trinajstić information content (AvgIpc) is 3.34. The van der Waals surface area contributed by atoms with Crippen LogP contribution in [0.5, 0.6) is 0 Å². The second-order valence-corrected chi connectivity index (χ2v) is 8.99. The number of likely N-dealkylation sites (tertiary alicyclic amines) is 1. The number of aryl methyl sites for hydroxylation is 1. The minimum atomic E-state index is 0.215. The summed E-state index contributed by atoms with van der Waals surface area (Å²) in [5.74, 6) is 0.215. The number of rotatable bonds is 3. The lowest BCUT2D eigenvalue weighted by molar-refractivity contribution is -0.120. The van der Waals surface area contributed by atoms with Gasteiger partial charge < -0.3 is 4.90 Å². The number of hydrogen-bond donors (Lipinski definition) is 0. The van der Waals surface area contributed by atoms with E-state index in [2.05, 4.69) is 48.2 Å². The summed E-state index contributed by atoms with van der Waals surface area (Å²) in [6.45, 7) is 3.61. The maximum Gasteiger partial charge on any atom is 0.241 e. The molecule has 5 rings (SSSR count). The Morgan fingerprint density at radius 1 is 1.14 bits per heavy atom. The van der Waals surface area contributed by atoms with E-state index in [4.69, 9.17) is 4.98 Å². The molecule has 2 atom stereocenters. The van der Waals surface area contributed by atoms with Crippen LogP contribution in [0.2, 0.25) is 0 Å². The predicted octanol–water partition coefficient (Wildman–Crippen LogP) is 4.80. The van der Waals surface area contributed by atoms with Crippen LogP contribution in [0.3, 0.4) is 0 Å². The van der Waals surface area contributed by atoms with Gasteiger partial charge in [0, 0.05) is 11.7 Å². The molecule has 1 amide bonds. The molecule has 2 aromatic carbocycles. The molecule has 28 heavy (non-hydrogen) atoms. The number of hydrogen-bond acceptors (Lipinski definition) is 4. The molecular formula is C23H25N3OS. The number of thiazole rings is 1. The molecule has 2 aliphatic heterocycles. The van der Waals surface area contributed by atoms with Gasteiger partial charge >= 0.3 is 0 Å². The monoisotopic (exact) mass is 391 g/mol. The number of carbonyl (C=O) groups is 1. The van der Waals surface area contributed by atoms with Gasteiger partial charge in [0.15, 0.2) is 0 Å². The first-order chi connectivity index (χ1) is 13.7. The molecule has 0 spiro atoms. The predicted molar refractivity (Wildman–Crippen MR) is 115 cm³/mol. The molecule has 3 aromatic rings. The third kappa shape index (κ3) is 3.12. The van der Waals surface area contributed by atoms with Gasteiger partial charge in [-0.3, -0.25) is 9.69 Å². The standard InChI is InChI=1S/C23H25N3OS/c1-16-12-13-17-7-2-4-9-19(17)26(16)22(27)15-25-14-6-10-20(25)23-24-18-8-3-5-11-21(18)28-23/h2-5,7-9,11,16,20H,6,10,12-15H2,1H3. The second kappa shape index (κ2) is 7.30. The number of aromatic nitrogens is 1. The average molecular weight is 392 g/mol. The molecule has 5 heteroatoms. The van der Waals surface area contributed by atoms with Crippen molar-refractivity contribution in [3.8, 4) is 0 Å². The van der Waals surface area contributed by atoms with Crippen molar-refractivity contribution in [3.05, 3.63) is 59.1 Å². The zero-order chi connectivity index (χ0) is 19.1. The van der Waals surface area contributed by atoms with Gasteiger partial charge in [-0.25, -0.2) is 4.98 Å². The van der Waals surface area contributed by atoms with Crippen LogP contribution in [0.15, 0.2) is 48.5 Å². The molecule has 3 heterocycles. The summed E-state index contributed by atoms with van der Waals surface area (Å²) in [4.78, 5) is 22.6. The zero-order valence-corrected chi connectivity index (χ0v) is 17.0. The van der Waals surface area contributed by atoms with Gasteiger partial charge in [-0.15, -0.1) is 11.3 Å². The first-order valence-corrected chi connectivity index (χ1v) is 11.0. The van der Waals surface area contributed by atoms with E-state index < -0.39 is 0 Å². The molecule has 4 nitrogen and oxygen atoms in total. The van der Waals surface area contributed by atoms with Crippen molar-refractivity contribution in [2.45, 2.75) is 44.7 Å². The number of nitrogens with zero attached hydrogens (tertiary/aromatic N) is 3. The highest BCUT2D eigenvalue weighted by Crippen LogP contribution is 2.37. The molecule has 2 unspecified atom stereocenters. The molecule has 0 bridgehead atoms. The summed E-state index contributed by atoms with van der Waals surface area (Å²) >= 11 is 1.77. The molecule has 144 valence electrons. The molecular weight excluding hydrogens is 366 g/mol. The number of anilines is 1. The molecule has 2 aliphatic rings. The number of benzene rings is 2. The van der Waals surface area contributed by atoms with Crippen LogP contribution < -0.4 is 4.90 Å². The van der Waals surface area contributed by atoms with Gasteiger partial charge in [-0.05, 0) is 62.9 Å². The van der Waals surface area contributed by atoms with Crippen molar-refractivity contribution < 1.29 is 4.79 Å². The Labute approximate surface area is 169 Å². The highest BCUT2D eigenvalue weighted by Gasteiger charge is 2.34. The van der Waals surface area contributed by atoms with Crippen molar-refractivity contribution in [2.75, 3.05) is 18.0 Å². The quantitative estimate of drug-likeness (QED) is 0.643. The van der Waals surface area contributed by atoms with Crippen molar-refractivity contribution in [1.82, 2.24) is 9.88 Å². The summed E-state index contributed by atoms with van der Waals surface area (Å²) in [5.41, 5.74) is 3.46. The molecule has 0 saturated carbocycles. The van der Waals surface area contributed by atoms with Gasteiger partial charge in [0.1, 0.15) is 5.01 Å². The summed E-state index contributed by atoms with van der Waals surface area (Å²) in [6, 6.07) is 17.2. The maximum atomic E-state index is 13.3. The zero-order valence-electron chi connectivity index (χ0n) is 16.2. The van der Waals surface area contributed by atoms with E-state index in [1.54, 1.807) is 11.3 Å². The molecule has 1 aromatic heterocycles. The minimum Gasteiger partial charge on any atom is -0.308 e. The minimum absolute atomic E-state index is 0.215. The lowest BCUT2D eigenvalue weighted by Gasteiger charge is -2.36. The fourth-order valence-electron chi connectivity index (χ4n) is 4.65. The summed E-state index contributed by atoms with van der Waals surface area (Å²) < 4.78 is 1.23. The van der Waals surface area contributed by atoms with E-state index in [0.29, 0.717) is 6.54 Å². The molecule has 0 aliphatic carbocycles. The van der Waals surface area contributed by atoms with Gasteiger partial charge in [0.05, 0.1) is 22.8 Å². The molecule has 0 N–H and O–H groups in total. The lowest BCUT2D eigenvalue weighted by atomic mass is 9.96. The van der Waals surface area contributed by atoms with Crippen molar-refractivity contribution in [2.24, 2.45) is 0 Å². The smallest absolute Gasteiger partial charge is 0.241 e. The number of carbonyl (C=O) groups excluding carboxylic acids is 1. The third-order valence-electron chi connectivity index (χ3n) is 6.09. The van der Waals surface area contributed by atoms with Gasteiger partial charge in [-0.1, -0.05) is 30.3 Å². The van der Waals surface area contributed by atoms with Crippen LogP contribution in [0.4, 0.5) is 5.69 Å². The van der Waals surface area contributed by atoms with Crippen LogP contribution in [-0.4, -0.2) is 34.9 Å². The van der Waals surface area contributed by atoms with Crippen molar-refractivity contribution in [3.63, 3.8) is 0 Å². The topological polar surface area (TPSA) is 36.4 Å². The number of amides is 1. The summed E-state index contributed by atoms with van der Waals surface area (Å²) in [7, 11) is 0. The SMILES string of the molecule is CC1CCc2ccccc2N1C(=O)CN1CCCC1c1nc2ccccc2s1. The fourth-order valence-corrected chi connectivity index (χ4v) is 5.78. The largest absolute Gasteiger partial charge is 0.308 e. The summed E-state index contributed by atoms with van der Waals surface area (Å²) in [5, 5.41) is 1.15. The Morgan fingerprint density at radius 2 is 1.96 bits per heavy atom. The van der Waals surface area contributed by atoms with Crippen LogP contribution in [-0.2, 0) is 11.2 Å². The van der Waals surface area contributed by atoms with E-state index in [1.165, 1.54) is 10.3 Å². The maximum absolute atomic E-state index is 13.3. The second-order valence-electron chi connectivity index (χ2n) is 7.93. The normalized spacial score (nSPS) is 22.5. The van der Waals surface area contributed by atoms with Crippen LogP contribution >= 0.6 is 11.3 Å². The van der Waals surface area contributed by atoms with E-state index in [0.717, 1.165) is 48.4 Å². The highest BCUT2D eigenvalue weighted by atomic mass is 32.1.